The summed E-state index contributed by atoms with van der Waals surface area (Å²) in [5.41, 5.74) is 6.02. The molecule has 2 fully saturated rings. The zero-order valence-corrected chi connectivity index (χ0v) is 12.5. The van der Waals surface area contributed by atoms with E-state index in [-0.39, 0.29) is 11.3 Å². The van der Waals surface area contributed by atoms with Crippen LogP contribution in [-0.4, -0.2) is 17.5 Å². The number of nitrogens with one attached hydrogen (secondary N) is 1. The fraction of sp³-hybridized carbons (Fsp3) is 0.933. The van der Waals surface area contributed by atoms with Crippen LogP contribution in [0, 0.1) is 16.7 Å². The highest BCUT2D eigenvalue weighted by atomic mass is 16.1. The van der Waals surface area contributed by atoms with Gasteiger partial charge in [-0.1, -0.05) is 20.8 Å². The molecule has 3 N–H and O–H groups in total. The van der Waals surface area contributed by atoms with E-state index in [4.69, 9.17) is 5.73 Å². The van der Waals surface area contributed by atoms with Gasteiger partial charge in [-0.3, -0.25) is 4.79 Å². The average molecular weight is 252 g/mol. The minimum absolute atomic E-state index is 0.106. The van der Waals surface area contributed by atoms with Crippen LogP contribution in [0.1, 0.15) is 60.3 Å². The minimum Gasteiger partial charge on any atom is -0.352 e. The van der Waals surface area contributed by atoms with Crippen molar-refractivity contribution in [1.82, 2.24) is 5.32 Å². The van der Waals surface area contributed by atoms with Crippen LogP contribution >= 0.6 is 0 Å². The highest BCUT2D eigenvalue weighted by Crippen LogP contribution is 2.62. The fourth-order valence-corrected chi connectivity index (χ4v) is 4.29. The van der Waals surface area contributed by atoms with Gasteiger partial charge in [-0.25, -0.2) is 0 Å². The summed E-state index contributed by atoms with van der Waals surface area (Å²) in [4.78, 5) is 12.1. The molecule has 2 aliphatic carbocycles. The van der Waals surface area contributed by atoms with Gasteiger partial charge in [-0.15, -0.1) is 0 Å². The van der Waals surface area contributed by atoms with Crippen molar-refractivity contribution in [1.29, 1.82) is 0 Å². The van der Waals surface area contributed by atoms with Crippen molar-refractivity contribution in [3.05, 3.63) is 0 Å². The Kier molecular flexibility index (Phi) is 3.05. The lowest BCUT2D eigenvalue weighted by Gasteiger charge is -2.43. The normalized spacial score (nSPS) is 37.9. The monoisotopic (exact) mass is 252 g/mol. The Bertz CT molecular complexity index is 351. The van der Waals surface area contributed by atoms with Crippen molar-refractivity contribution in [2.75, 3.05) is 0 Å². The molecule has 18 heavy (non-hydrogen) atoms. The van der Waals surface area contributed by atoms with Gasteiger partial charge in [0.2, 0.25) is 5.91 Å². The maximum absolute atomic E-state index is 12.1. The van der Waals surface area contributed by atoms with E-state index in [1.165, 1.54) is 19.3 Å². The van der Waals surface area contributed by atoms with E-state index in [1.807, 2.05) is 13.8 Å². The van der Waals surface area contributed by atoms with Crippen LogP contribution in [0.4, 0.5) is 0 Å². The van der Waals surface area contributed by atoms with Crippen molar-refractivity contribution >= 4 is 5.91 Å². The molecule has 104 valence electrons. The summed E-state index contributed by atoms with van der Waals surface area (Å²) in [5, 5.41) is 3.28. The molecule has 0 aromatic rings. The van der Waals surface area contributed by atoms with Crippen molar-refractivity contribution in [3.8, 4) is 0 Å². The number of hydrogen-bond acceptors (Lipinski definition) is 2. The summed E-state index contributed by atoms with van der Waals surface area (Å²) in [7, 11) is 0. The molecule has 0 spiro atoms. The third-order valence-corrected chi connectivity index (χ3v) is 5.19. The molecule has 0 saturated heterocycles. The second kappa shape index (κ2) is 3.96. The molecule has 3 heteroatoms. The maximum Gasteiger partial charge on any atom is 0.222 e. The Balaban J connectivity index is 2.07. The quantitative estimate of drug-likeness (QED) is 0.810. The molecule has 2 rings (SSSR count). The summed E-state index contributed by atoms with van der Waals surface area (Å²) >= 11 is 0. The van der Waals surface area contributed by atoms with E-state index in [0.29, 0.717) is 17.9 Å². The largest absolute Gasteiger partial charge is 0.352 e. The predicted octanol–water partition coefficient (Wildman–Crippen LogP) is 2.44. The van der Waals surface area contributed by atoms with E-state index in [9.17, 15) is 4.79 Å². The number of carbonyl (C=O) groups is 1. The number of rotatable bonds is 3. The first-order valence-corrected chi connectivity index (χ1v) is 7.13. The molecule has 3 nitrogen and oxygen atoms in total. The second-order valence-corrected chi connectivity index (χ2v) is 8.08. The maximum atomic E-state index is 12.1. The Morgan fingerprint density at radius 1 is 1.39 bits per heavy atom. The molecule has 2 aliphatic rings. The van der Waals surface area contributed by atoms with E-state index < -0.39 is 5.54 Å². The number of carbonyl (C=O) groups excluding carboxylic acids is 1. The standard InChI is InChI=1S/C15H28N2O/c1-13(2,16)9-11(18)17-12-14(3,4)10-6-7-15(12,5)8-10/h10,12H,6-9,16H2,1-5H3,(H,17,18). The topological polar surface area (TPSA) is 55.1 Å². The van der Waals surface area contributed by atoms with Gasteiger partial charge in [0.15, 0.2) is 0 Å². The number of hydrogen-bond donors (Lipinski definition) is 2. The molecule has 0 aromatic heterocycles. The van der Waals surface area contributed by atoms with Crippen LogP contribution in [-0.2, 0) is 4.79 Å². The van der Waals surface area contributed by atoms with Crippen LogP contribution in [0.5, 0.6) is 0 Å². The molecule has 3 atom stereocenters. The van der Waals surface area contributed by atoms with Gasteiger partial charge in [-0.05, 0) is 49.9 Å². The Morgan fingerprint density at radius 3 is 2.44 bits per heavy atom. The van der Waals surface area contributed by atoms with Gasteiger partial charge in [0.1, 0.15) is 0 Å². The van der Waals surface area contributed by atoms with Crippen molar-refractivity contribution in [2.24, 2.45) is 22.5 Å². The minimum atomic E-state index is -0.424. The van der Waals surface area contributed by atoms with Gasteiger partial charge in [0.05, 0.1) is 0 Å². The first-order valence-electron chi connectivity index (χ1n) is 7.13. The second-order valence-electron chi connectivity index (χ2n) is 8.08. The Hall–Kier alpha value is -0.570. The van der Waals surface area contributed by atoms with Crippen LogP contribution in [0.3, 0.4) is 0 Å². The number of amides is 1. The van der Waals surface area contributed by atoms with Crippen molar-refractivity contribution in [2.45, 2.75) is 71.9 Å². The van der Waals surface area contributed by atoms with Crippen LogP contribution in [0.25, 0.3) is 0 Å². The molecule has 0 aromatic carbocycles. The molecular formula is C15H28N2O. The Morgan fingerprint density at radius 2 is 2.00 bits per heavy atom. The lowest BCUT2D eigenvalue weighted by molar-refractivity contribution is -0.124. The third kappa shape index (κ3) is 2.29. The van der Waals surface area contributed by atoms with Crippen molar-refractivity contribution < 1.29 is 4.79 Å². The molecule has 3 unspecified atom stereocenters. The van der Waals surface area contributed by atoms with Crippen molar-refractivity contribution in [3.63, 3.8) is 0 Å². The third-order valence-electron chi connectivity index (χ3n) is 5.19. The number of nitrogens with two attached hydrogens (primary N) is 1. The van der Waals surface area contributed by atoms with Gasteiger partial charge in [-0.2, -0.15) is 0 Å². The van der Waals surface area contributed by atoms with E-state index in [0.717, 1.165) is 5.92 Å². The molecular weight excluding hydrogens is 224 g/mol. The number of fused-ring (bicyclic) bond motifs is 2. The lowest BCUT2D eigenvalue weighted by atomic mass is 9.68. The van der Waals surface area contributed by atoms with Gasteiger partial charge in [0.25, 0.3) is 0 Å². The zero-order chi connectivity index (χ0) is 13.8. The summed E-state index contributed by atoms with van der Waals surface area (Å²) in [6.07, 6.45) is 4.23. The summed E-state index contributed by atoms with van der Waals surface area (Å²) < 4.78 is 0. The molecule has 2 saturated carbocycles. The van der Waals surface area contributed by atoms with Gasteiger partial charge < -0.3 is 11.1 Å². The van der Waals surface area contributed by atoms with Gasteiger partial charge >= 0.3 is 0 Å². The summed E-state index contributed by atoms with van der Waals surface area (Å²) in [6.45, 7) is 10.8. The van der Waals surface area contributed by atoms with Gasteiger partial charge in [0, 0.05) is 18.0 Å². The van der Waals surface area contributed by atoms with Crippen LogP contribution in [0.2, 0.25) is 0 Å². The summed E-state index contributed by atoms with van der Waals surface area (Å²) in [6, 6.07) is 0.304. The van der Waals surface area contributed by atoms with Crippen LogP contribution in [0.15, 0.2) is 0 Å². The average Bonchev–Trinajstić information content (AvgIpc) is 2.61. The zero-order valence-electron chi connectivity index (χ0n) is 12.5. The summed E-state index contributed by atoms with van der Waals surface area (Å²) in [5.74, 6) is 0.869. The Labute approximate surface area is 111 Å². The molecule has 0 heterocycles. The van der Waals surface area contributed by atoms with E-state index in [1.54, 1.807) is 0 Å². The molecule has 2 bridgehead atoms. The van der Waals surface area contributed by atoms with E-state index >= 15 is 0 Å². The predicted molar refractivity (Wildman–Crippen MR) is 74.0 cm³/mol. The molecule has 1 amide bonds. The molecule has 0 aliphatic heterocycles. The smallest absolute Gasteiger partial charge is 0.222 e. The highest BCUT2D eigenvalue weighted by molar-refractivity contribution is 5.77. The fourth-order valence-electron chi connectivity index (χ4n) is 4.29. The molecule has 0 radical (unpaired) electrons. The lowest BCUT2D eigenvalue weighted by Crippen LogP contribution is -2.53. The highest BCUT2D eigenvalue weighted by Gasteiger charge is 2.59. The first kappa shape index (κ1) is 13.9. The first-order chi connectivity index (χ1) is 8.05. The van der Waals surface area contributed by atoms with E-state index in [2.05, 4.69) is 26.1 Å². The van der Waals surface area contributed by atoms with Crippen LogP contribution < -0.4 is 11.1 Å². The SMILES string of the molecule is CC(C)(N)CC(=O)NC1C2(C)CCC(C2)C1(C)C.